The molecule has 1 aromatic rings. The molecule has 1 aromatic carbocycles. The van der Waals surface area contributed by atoms with Gasteiger partial charge < -0.3 is 14.2 Å². The highest BCUT2D eigenvalue weighted by Crippen LogP contribution is 2.47. The fourth-order valence-electron chi connectivity index (χ4n) is 3.55. The minimum absolute atomic E-state index is 0.118. The molecule has 0 spiro atoms. The second-order valence-corrected chi connectivity index (χ2v) is 9.51. The van der Waals surface area contributed by atoms with Crippen LogP contribution in [0.5, 0.6) is 11.5 Å². The van der Waals surface area contributed by atoms with Crippen molar-refractivity contribution in [3.05, 3.63) is 59.0 Å². The first-order chi connectivity index (χ1) is 14.8. The average Bonchev–Trinajstić information content (AvgIpc) is 2.68. The Labute approximate surface area is 191 Å². The van der Waals surface area contributed by atoms with E-state index in [4.69, 9.17) is 14.2 Å². The highest BCUT2D eigenvalue weighted by atomic mass is 19.1. The first-order valence-corrected chi connectivity index (χ1v) is 10.8. The van der Waals surface area contributed by atoms with Crippen molar-refractivity contribution < 1.29 is 23.4 Å². The molecule has 0 aromatic heterocycles. The minimum atomic E-state index is -0.455. The van der Waals surface area contributed by atoms with Gasteiger partial charge in [-0.3, -0.25) is 0 Å². The zero-order valence-corrected chi connectivity index (χ0v) is 20.7. The SMILES string of the molecule is CCOC(=O)/C=C(C)/C=C/C(F)=C(/C)c1cc2c(cc1OC)OC(C)(C)C=C2C(C)(C)C. The summed E-state index contributed by atoms with van der Waals surface area (Å²) >= 11 is 0. The van der Waals surface area contributed by atoms with Gasteiger partial charge in [0.2, 0.25) is 0 Å². The minimum Gasteiger partial charge on any atom is -0.496 e. The van der Waals surface area contributed by atoms with Crippen LogP contribution in [-0.4, -0.2) is 25.3 Å². The monoisotopic (exact) mass is 442 g/mol. The van der Waals surface area contributed by atoms with Crippen molar-refractivity contribution >= 4 is 17.1 Å². The number of esters is 1. The molecule has 0 fully saturated rings. The van der Waals surface area contributed by atoms with Gasteiger partial charge in [-0.2, -0.15) is 0 Å². The van der Waals surface area contributed by atoms with Crippen LogP contribution in [0.25, 0.3) is 11.1 Å². The Morgan fingerprint density at radius 3 is 2.41 bits per heavy atom. The Hall–Kier alpha value is -2.82. The van der Waals surface area contributed by atoms with E-state index in [9.17, 15) is 4.79 Å². The number of carbonyl (C=O) groups excluding carboxylic acids is 1. The van der Waals surface area contributed by atoms with Gasteiger partial charge in [-0.05, 0) is 75.0 Å². The van der Waals surface area contributed by atoms with E-state index in [1.54, 1.807) is 34.0 Å². The van der Waals surface area contributed by atoms with E-state index in [1.165, 1.54) is 12.2 Å². The zero-order chi connectivity index (χ0) is 24.3. The van der Waals surface area contributed by atoms with Crippen LogP contribution in [-0.2, 0) is 9.53 Å². The fourth-order valence-corrected chi connectivity index (χ4v) is 3.55. The molecule has 0 aliphatic carbocycles. The summed E-state index contributed by atoms with van der Waals surface area (Å²) < 4.78 is 31.7. The van der Waals surface area contributed by atoms with Crippen molar-refractivity contribution in [1.82, 2.24) is 0 Å². The predicted octanol–water partition coefficient (Wildman–Crippen LogP) is 7.06. The topological polar surface area (TPSA) is 44.8 Å². The Kier molecular flexibility index (Phi) is 7.76. The second kappa shape index (κ2) is 9.76. The maximum Gasteiger partial charge on any atom is 0.330 e. The van der Waals surface area contributed by atoms with Gasteiger partial charge in [0.25, 0.3) is 0 Å². The van der Waals surface area contributed by atoms with E-state index < -0.39 is 17.4 Å². The quantitative estimate of drug-likeness (QED) is 0.269. The predicted molar refractivity (Wildman–Crippen MR) is 128 cm³/mol. The number of carbonyl (C=O) groups is 1. The summed E-state index contributed by atoms with van der Waals surface area (Å²) in [5, 5.41) is 0. The van der Waals surface area contributed by atoms with Crippen LogP contribution in [0.2, 0.25) is 0 Å². The van der Waals surface area contributed by atoms with Crippen molar-refractivity contribution in [2.24, 2.45) is 5.41 Å². The number of halogens is 1. The van der Waals surface area contributed by atoms with Gasteiger partial charge in [-0.25, -0.2) is 9.18 Å². The molecule has 0 atom stereocenters. The molecule has 0 bridgehead atoms. The third kappa shape index (κ3) is 6.12. The highest BCUT2D eigenvalue weighted by Gasteiger charge is 2.33. The standard InChI is InChI=1S/C27H35FO4/c1-10-31-25(29)13-17(2)11-12-22(28)18(3)19-14-20-21(26(4,5)6)16-27(7,8)32-24(20)15-23(19)30-9/h11-16H,10H2,1-9H3/b12-11+,17-13+,22-18+. The smallest absolute Gasteiger partial charge is 0.330 e. The molecule has 32 heavy (non-hydrogen) atoms. The van der Waals surface area contributed by atoms with Gasteiger partial charge in [0, 0.05) is 23.3 Å². The zero-order valence-electron chi connectivity index (χ0n) is 20.7. The van der Waals surface area contributed by atoms with Crippen LogP contribution in [0.15, 0.2) is 47.8 Å². The Morgan fingerprint density at radius 2 is 1.84 bits per heavy atom. The molecule has 174 valence electrons. The van der Waals surface area contributed by atoms with Gasteiger partial charge in [0.05, 0.1) is 13.7 Å². The van der Waals surface area contributed by atoms with Crippen molar-refractivity contribution in [3.8, 4) is 11.5 Å². The number of allylic oxidation sites excluding steroid dienone is 6. The lowest BCUT2D eigenvalue weighted by atomic mass is 9.77. The Morgan fingerprint density at radius 1 is 1.19 bits per heavy atom. The summed E-state index contributed by atoms with van der Waals surface area (Å²) in [5.74, 6) is 0.393. The molecule has 1 heterocycles. The Bertz CT molecular complexity index is 1000. The van der Waals surface area contributed by atoms with Crippen LogP contribution in [0.1, 0.15) is 66.5 Å². The maximum atomic E-state index is 15.1. The van der Waals surface area contributed by atoms with Crippen LogP contribution in [0, 0.1) is 5.41 Å². The molecule has 0 N–H and O–H groups in total. The summed E-state index contributed by atoms with van der Waals surface area (Å²) in [7, 11) is 1.56. The molecule has 5 heteroatoms. The first kappa shape index (κ1) is 25.4. The van der Waals surface area contributed by atoms with Gasteiger partial charge in [-0.15, -0.1) is 0 Å². The van der Waals surface area contributed by atoms with E-state index in [0.717, 1.165) is 16.9 Å². The van der Waals surface area contributed by atoms with Gasteiger partial charge in [0.1, 0.15) is 22.9 Å². The fraction of sp³-hybridized carbons (Fsp3) is 0.444. The lowest BCUT2D eigenvalue weighted by Crippen LogP contribution is -2.31. The molecule has 1 aliphatic rings. The lowest BCUT2D eigenvalue weighted by molar-refractivity contribution is -0.137. The maximum absolute atomic E-state index is 15.1. The number of fused-ring (bicyclic) bond motifs is 1. The largest absolute Gasteiger partial charge is 0.496 e. The average molecular weight is 443 g/mol. The van der Waals surface area contributed by atoms with E-state index in [0.29, 0.717) is 29.1 Å². The van der Waals surface area contributed by atoms with E-state index >= 15 is 4.39 Å². The highest BCUT2D eigenvalue weighted by molar-refractivity contribution is 5.84. The molecule has 4 nitrogen and oxygen atoms in total. The summed E-state index contributed by atoms with van der Waals surface area (Å²) in [6.07, 6.45) is 6.36. The van der Waals surface area contributed by atoms with Crippen LogP contribution >= 0.6 is 0 Å². The molecule has 0 unspecified atom stereocenters. The Balaban J connectivity index is 2.54. The summed E-state index contributed by atoms with van der Waals surface area (Å²) in [5.41, 5.74) is 3.18. The summed E-state index contributed by atoms with van der Waals surface area (Å²) in [4.78, 5) is 11.6. The molecule has 0 saturated heterocycles. The molecule has 0 radical (unpaired) electrons. The van der Waals surface area contributed by atoms with Gasteiger partial charge in [0.15, 0.2) is 0 Å². The van der Waals surface area contributed by atoms with Gasteiger partial charge in [-0.1, -0.05) is 26.8 Å². The molecule has 0 saturated carbocycles. The van der Waals surface area contributed by atoms with E-state index in [-0.39, 0.29) is 5.41 Å². The molecule has 0 amide bonds. The number of ether oxygens (including phenoxy) is 3. The van der Waals surface area contributed by atoms with Crippen molar-refractivity contribution in [2.45, 2.75) is 61.0 Å². The number of methoxy groups -OCH3 is 1. The van der Waals surface area contributed by atoms with E-state index in [2.05, 4.69) is 26.8 Å². The van der Waals surface area contributed by atoms with Crippen LogP contribution in [0.3, 0.4) is 0 Å². The number of benzene rings is 1. The van der Waals surface area contributed by atoms with E-state index in [1.807, 2.05) is 26.0 Å². The first-order valence-electron chi connectivity index (χ1n) is 10.8. The third-order valence-corrected chi connectivity index (χ3v) is 5.15. The summed E-state index contributed by atoms with van der Waals surface area (Å²) in [6, 6.07) is 3.77. The second-order valence-electron chi connectivity index (χ2n) is 9.51. The number of hydrogen-bond acceptors (Lipinski definition) is 4. The molecule has 2 rings (SSSR count). The van der Waals surface area contributed by atoms with Crippen molar-refractivity contribution in [2.75, 3.05) is 13.7 Å². The molecular formula is C27H35FO4. The lowest BCUT2D eigenvalue weighted by Gasteiger charge is -2.36. The van der Waals surface area contributed by atoms with Crippen LogP contribution < -0.4 is 9.47 Å². The molecular weight excluding hydrogens is 407 g/mol. The normalized spacial score (nSPS) is 16.7. The summed E-state index contributed by atoms with van der Waals surface area (Å²) in [6.45, 7) is 15.9. The van der Waals surface area contributed by atoms with Crippen LogP contribution in [0.4, 0.5) is 4.39 Å². The third-order valence-electron chi connectivity index (χ3n) is 5.15. The number of hydrogen-bond donors (Lipinski definition) is 0. The molecule has 1 aliphatic heterocycles. The van der Waals surface area contributed by atoms with Crippen molar-refractivity contribution in [1.29, 1.82) is 0 Å². The van der Waals surface area contributed by atoms with Crippen molar-refractivity contribution in [3.63, 3.8) is 0 Å². The number of rotatable bonds is 6. The van der Waals surface area contributed by atoms with Gasteiger partial charge >= 0.3 is 5.97 Å².